The summed E-state index contributed by atoms with van der Waals surface area (Å²) in [4.78, 5) is 11.0. The summed E-state index contributed by atoms with van der Waals surface area (Å²) >= 11 is 11.4. The van der Waals surface area contributed by atoms with E-state index in [1.165, 1.54) is 25.1 Å². The van der Waals surface area contributed by atoms with Crippen molar-refractivity contribution in [1.29, 1.82) is 0 Å². The third kappa shape index (κ3) is 2.93. The van der Waals surface area contributed by atoms with Crippen molar-refractivity contribution in [2.45, 2.75) is 17.1 Å². The molecule has 3 nitrogen and oxygen atoms in total. The van der Waals surface area contributed by atoms with Gasteiger partial charge in [0.1, 0.15) is 5.25 Å². The Hall–Kier alpha value is -0.580. The van der Waals surface area contributed by atoms with E-state index >= 15 is 0 Å². The smallest absolute Gasteiger partial charge is 0.319 e. The number of benzene rings is 1. The molecule has 0 radical (unpaired) electrons. The maximum Gasteiger partial charge on any atom is 0.319 e. The van der Waals surface area contributed by atoms with Gasteiger partial charge < -0.3 is 5.11 Å². The van der Waals surface area contributed by atoms with E-state index in [0.717, 1.165) is 0 Å². The molecule has 6 heteroatoms. The molecule has 0 saturated heterocycles. The molecule has 2 unspecified atom stereocenters. The first kappa shape index (κ1) is 12.5. The van der Waals surface area contributed by atoms with E-state index in [1.54, 1.807) is 0 Å². The average molecular weight is 267 g/mol. The number of rotatable bonds is 3. The van der Waals surface area contributed by atoms with Crippen LogP contribution in [0.4, 0.5) is 0 Å². The lowest BCUT2D eigenvalue weighted by molar-refractivity contribution is -0.136. The first-order chi connectivity index (χ1) is 6.93. The Balaban J connectivity index is 3.02. The summed E-state index contributed by atoms with van der Waals surface area (Å²) in [5.74, 6) is -1.11. The van der Waals surface area contributed by atoms with Crippen LogP contribution in [0.15, 0.2) is 23.1 Å². The Morgan fingerprint density at radius 3 is 2.47 bits per heavy atom. The summed E-state index contributed by atoms with van der Waals surface area (Å²) in [5, 5.41) is 8.33. The van der Waals surface area contributed by atoms with Gasteiger partial charge in [-0.25, -0.2) is 0 Å². The number of hydrogen-bond donors (Lipinski definition) is 1. The molecule has 2 atom stereocenters. The highest BCUT2D eigenvalue weighted by Crippen LogP contribution is 2.25. The number of halogens is 2. The topological polar surface area (TPSA) is 54.4 Å². The van der Waals surface area contributed by atoms with Crippen molar-refractivity contribution in [3.8, 4) is 0 Å². The molecule has 0 spiro atoms. The second-order valence-electron chi connectivity index (χ2n) is 2.85. The van der Waals surface area contributed by atoms with Gasteiger partial charge in [0.2, 0.25) is 0 Å². The van der Waals surface area contributed by atoms with Gasteiger partial charge in [-0.2, -0.15) is 0 Å². The molecule has 0 aliphatic carbocycles. The van der Waals surface area contributed by atoms with Gasteiger partial charge in [-0.05, 0) is 25.1 Å². The number of aliphatic carboxylic acids is 1. The maximum atomic E-state index is 11.7. The molecule has 0 aliphatic rings. The van der Waals surface area contributed by atoms with Crippen LogP contribution in [-0.2, 0) is 15.6 Å². The molecule has 0 fully saturated rings. The number of carboxylic acids is 1. The van der Waals surface area contributed by atoms with E-state index in [9.17, 15) is 9.00 Å². The van der Waals surface area contributed by atoms with Crippen LogP contribution in [0.1, 0.15) is 6.92 Å². The lowest BCUT2D eigenvalue weighted by Gasteiger charge is -2.07. The quantitative estimate of drug-likeness (QED) is 0.915. The lowest BCUT2D eigenvalue weighted by atomic mass is 10.4. The van der Waals surface area contributed by atoms with E-state index in [-0.39, 0.29) is 5.02 Å². The minimum atomic E-state index is -1.62. The van der Waals surface area contributed by atoms with Crippen LogP contribution in [0.5, 0.6) is 0 Å². The summed E-state index contributed by atoms with van der Waals surface area (Å²) in [5.41, 5.74) is 0. The van der Waals surface area contributed by atoms with E-state index in [0.29, 0.717) is 9.92 Å². The highest BCUT2D eigenvalue weighted by atomic mass is 35.5. The highest BCUT2D eigenvalue weighted by molar-refractivity contribution is 7.86. The number of hydrogen-bond acceptors (Lipinski definition) is 2. The largest absolute Gasteiger partial charge is 0.480 e. The van der Waals surface area contributed by atoms with Gasteiger partial charge in [0.05, 0.1) is 20.8 Å². The van der Waals surface area contributed by atoms with Crippen LogP contribution in [0.3, 0.4) is 0 Å². The van der Waals surface area contributed by atoms with Crippen molar-refractivity contribution in [2.75, 3.05) is 0 Å². The minimum absolute atomic E-state index is 0.264. The van der Waals surface area contributed by atoms with Gasteiger partial charge in [-0.3, -0.25) is 9.00 Å². The minimum Gasteiger partial charge on any atom is -0.480 e. The zero-order valence-corrected chi connectivity index (χ0v) is 10.1. The normalized spacial score (nSPS) is 14.6. The standard InChI is InChI=1S/C9H8Cl2O3S/c1-5(9(12)13)15(14)6-2-3-7(10)8(11)4-6/h2-5H,1H3,(H,12,13). The Morgan fingerprint density at radius 2 is 2.00 bits per heavy atom. The van der Waals surface area contributed by atoms with Crippen LogP contribution >= 0.6 is 23.2 Å². The molecule has 0 bridgehead atoms. The van der Waals surface area contributed by atoms with E-state index < -0.39 is 22.0 Å². The van der Waals surface area contributed by atoms with Crippen molar-refractivity contribution in [2.24, 2.45) is 0 Å². The average Bonchev–Trinajstić information content (AvgIpc) is 2.19. The van der Waals surface area contributed by atoms with Gasteiger partial charge in [0.25, 0.3) is 0 Å². The Bertz CT molecular complexity index is 420. The monoisotopic (exact) mass is 266 g/mol. The van der Waals surface area contributed by atoms with Crippen molar-refractivity contribution < 1.29 is 14.1 Å². The Kier molecular flexibility index (Phi) is 4.13. The molecule has 1 aromatic rings. The molecule has 15 heavy (non-hydrogen) atoms. The Labute approximate surface area is 99.5 Å². The van der Waals surface area contributed by atoms with Crippen LogP contribution in [0, 0.1) is 0 Å². The Morgan fingerprint density at radius 1 is 1.40 bits per heavy atom. The summed E-state index contributed by atoms with van der Waals surface area (Å²) in [6, 6.07) is 4.41. The molecule has 0 aliphatic heterocycles. The van der Waals surface area contributed by atoms with E-state index in [4.69, 9.17) is 28.3 Å². The zero-order valence-electron chi connectivity index (χ0n) is 7.74. The molecule has 0 amide bonds. The second-order valence-corrected chi connectivity index (χ2v) is 5.44. The third-order valence-corrected chi connectivity index (χ3v) is 4.09. The predicted octanol–water partition coefficient (Wildman–Crippen LogP) is 2.57. The highest BCUT2D eigenvalue weighted by Gasteiger charge is 2.20. The van der Waals surface area contributed by atoms with Crippen LogP contribution < -0.4 is 0 Å². The zero-order chi connectivity index (χ0) is 11.6. The molecule has 0 heterocycles. The van der Waals surface area contributed by atoms with Gasteiger partial charge in [-0.1, -0.05) is 23.2 Å². The summed E-state index contributed by atoms with van der Waals surface area (Å²) < 4.78 is 11.7. The summed E-state index contributed by atoms with van der Waals surface area (Å²) in [6.07, 6.45) is 0. The van der Waals surface area contributed by atoms with Crippen molar-refractivity contribution in [1.82, 2.24) is 0 Å². The van der Waals surface area contributed by atoms with Gasteiger partial charge in [0.15, 0.2) is 0 Å². The van der Waals surface area contributed by atoms with Crippen molar-refractivity contribution >= 4 is 40.0 Å². The maximum absolute atomic E-state index is 11.7. The first-order valence-electron chi connectivity index (χ1n) is 4.02. The van der Waals surface area contributed by atoms with E-state index in [2.05, 4.69) is 0 Å². The molecule has 1 aromatic carbocycles. The van der Waals surface area contributed by atoms with Gasteiger partial charge >= 0.3 is 5.97 Å². The predicted molar refractivity (Wildman–Crippen MR) is 60.0 cm³/mol. The number of carbonyl (C=O) groups is 1. The fourth-order valence-electron chi connectivity index (χ4n) is 0.898. The second kappa shape index (κ2) is 4.96. The van der Waals surface area contributed by atoms with Crippen molar-refractivity contribution in [3.05, 3.63) is 28.2 Å². The van der Waals surface area contributed by atoms with Crippen LogP contribution in [0.25, 0.3) is 0 Å². The summed E-state index contributed by atoms with van der Waals surface area (Å²) in [6.45, 7) is 1.38. The first-order valence-corrected chi connectivity index (χ1v) is 5.99. The van der Waals surface area contributed by atoms with Gasteiger partial charge in [0, 0.05) is 4.90 Å². The van der Waals surface area contributed by atoms with Crippen LogP contribution in [-0.4, -0.2) is 20.5 Å². The lowest BCUT2D eigenvalue weighted by Crippen LogP contribution is -2.21. The SMILES string of the molecule is CC(C(=O)O)S(=O)c1ccc(Cl)c(Cl)c1. The van der Waals surface area contributed by atoms with Crippen LogP contribution in [0.2, 0.25) is 10.0 Å². The molecular formula is C9H8Cl2O3S. The molecule has 1 rings (SSSR count). The number of carboxylic acid groups (broad SMARTS) is 1. The van der Waals surface area contributed by atoms with Crippen molar-refractivity contribution in [3.63, 3.8) is 0 Å². The van der Waals surface area contributed by atoms with Gasteiger partial charge in [-0.15, -0.1) is 0 Å². The molecule has 0 saturated carbocycles. The van der Waals surface area contributed by atoms with E-state index in [1.807, 2.05) is 0 Å². The fraction of sp³-hybridized carbons (Fsp3) is 0.222. The molecule has 1 N–H and O–H groups in total. The molecule has 0 aromatic heterocycles. The fourth-order valence-corrected chi connectivity index (χ4v) is 2.29. The summed E-state index contributed by atoms with van der Waals surface area (Å²) in [7, 11) is -1.62. The molecular weight excluding hydrogens is 259 g/mol. The molecule has 82 valence electrons. The third-order valence-electron chi connectivity index (χ3n) is 1.79.